The zero-order chi connectivity index (χ0) is 18.8. The second-order valence-electron chi connectivity index (χ2n) is 6.73. The maximum atomic E-state index is 13.0. The number of ether oxygens (including phenoxy) is 1. The van der Waals surface area contributed by atoms with E-state index in [9.17, 15) is 4.79 Å². The topological polar surface area (TPSA) is 73.1 Å². The second kappa shape index (κ2) is 7.19. The third-order valence-corrected chi connectivity index (χ3v) is 4.46. The van der Waals surface area contributed by atoms with Gasteiger partial charge in [-0.3, -0.25) is 14.4 Å². The molecule has 0 saturated carbocycles. The van der Waals surface area contributed by atoms with Crippen molar-refractivity contribution in [1.29, 1.82) is 0 Å². The van der Waals surface area contributed by atoms with Gasteiger partial charge >= 0.3 is 0 Å². The largest absolute Gasteiger partial charge is 0.471 e. The van der Waals surface area contributed by atoms with Crippen LogP contribution in [0.15, 0.2) is 48.7 Å². The van der Waals surface area contributed by atoms with E-state index in [4.69, 9.17) is 4.74 Å². The Hall–Kier alpha value is -3.22. The highest BCUT2D eigenvalue weighted by molar-refractivity contribution is 6.05. The van der Waals surface area contributed by atoms with Crippen LogP contribution in [-0.4, -0.2) is 32.2 Å². The summed E-state index contributed by atoms with van der Waals surface area (Å²) in [6, 6.07) is 13.1. The smallest absolute Gasteiger partial charge is 0.277 e. The summed E-state index contributed by atoms with van der Waals surface area (Å²) in [7, 11) is 0. The molecule has 4 rings (SSSR count). The van der Waals surface area contributed by atoms with Crippen LogP contribution in [0.25, 0.3) is 0 Å². The summed E-state index contributed by atoms with van der Waals surface area (Å²) in [6.45, 7) is 5.62. The van der Waals surface area contributed by atoms with Gasteiger partial charge in [-0.05, 0) is 30.2 Å². The lowest BCUT2D eigenvalue weighted by Crippen LogP contribution is -2.41. The lowest BCUT2D eigenvalue weighted by molar-refractivity contribution is 0.0961. The van der Waals surface area contributed by atoms with Crippen molar-refractivity contribution in [3.8, 4) is 5.88 Å². The van der Waals surface area contributed by atoms with E-state index in [1.807, 2.05) is 30.3 Å². The Labute approximate surface area is 157 Å². The molecule has 0 radical (unpaired) electrons. The number of rotatable bonds is 5. The van der Waals surface area contributed by atoms with E-state index in [2.05, 4.69) is 28.9 Å². The molecule has 3 aromatic rings. The lowest BCUT2D eigenvalue weighted by atomic mass is 10.1. The van der Waals surface area contributed by atoms with Crippen LogP contribution < -0.4 is 9.64 Å². The maximum absolute atomic E-state index is 13.0. The molecule has 7 heteroatoms. The molecule has 138 valence electrons. The van der Waals surface area contributed by atoms with Crippen LogP contribution >= 0.6 is 0 Å². The number of aromatic nitrogens is 4. The van der Waals surface area contributed by atoms with Crippen LogP contribution in [0, 0.1) is 0 Å². The molecular weight excluding hydrogens is 342 g/mol. The fourth-order valence-electron chi connectivity index (χ4n) is 3.03. The van der Waals surface area contributed by atoms with Gasteiger partial charge in [0, 0.05) is 24.5 Å². The quantitative estimate of drug-likeness (QED) is 0.697. The Morgan fingerprint density at radius 1 is 1.15 bits per heavy atom. The number of amides is 1. The number of carbonyl (C=O) groups excluding carboxylic acids is 1. The third kappa shape index (κ3) is 3.53. The number of fused-ring (bicyclic) bond motifs is 1. The number of nitrogens with zero attached hydrogens (tertiary/aromatic N) is 5. The van der Waals surface area contributed by atoms with Crippen LogP contribution in [0.5, 0.6) is 5.88 Å². The van der Waals surface area contributed by atoms with Crippen molar-refractivity contribution in [2.24, 2.45) is 0 Å². The molecule has 1 aliphatic rings. The molecule has 7 nitrogen and oxygen atoms in total. The van der Waals surface area contributed by atoms with Gasteiger partial charge in [-0.1, -0.05) is 26.0 Å². The van der Waals surface area contributed by atoms with Gasteiger partial charge in [0.25, 0.3) is 5.91 Å². The molecule has 0 atom stereocenters. The van der Waals surface area contributed by atoms with Crippen LogP contribution in [-0.2, 0) is 13.2 Å². The fourth-order valence-corrected chi connectivity index (χ4v) is 3.03. The van der Waals surface area contributed by atoms with Gasteiger partial charge in [0.2, 0.25) is 5.88 Å². The van der Waals surface area contributed by atoms with Crippen LogP contribution in [0.1, 0.15) is 41.6 Å². The van der Waals surface area contributed by atoms with E-state index in [1.165, 1.54) is 0 Å². The molecule has 0 saturated heterocycles. The zero-order valence-electron chi connectivity index (χ0n) is 15.4. The van der Waals surface area contributed by atoms with Crippen molar-refractivity contribution < 1.29 is 9.53 Å². The predicted molar refractivity (Wildman–Crippen MR) is 101 cm³/mol. The van der Waals surface area contributed by atoms with Crippen LogP contribution in [0.4, 0.5) is 5.82 Å². The van der Waals surface area contributed by atoms with E-state index in [-0.39, 0.29) is 12.5 Å². The monoisotopic (exact) mass is 363 g/mol. The molecule has 27 heavy (non-hydrogen) atoms. The van der Waals surface area contributed by atoms with Crippen molar-refractivity contribution in [2.45, 2.75) is 32.9 Å². The van der Waals surface area contributed by atoms with E-state index < -0.39 is 0 Å². The summed E-state index contributed by atoms with van der Waals surface area (Å²) >= 11 is 0. The summed E-state index contributed by atoms with van der Waals surface area (Å²) in [5.41, 5.74) is 2.23. The predicted octanol–water partition coefficient (Wildman–Crippen LogP) is 3.04. The molecule has 3 aromatic heterocycles. The van der Waals surface area contributed by atoms with Crippen molar-refractivity contribution >= 4 is 11.7 Å². The molecule has 0 aromatic carbocycles. The highest BCUT2D eigenvalue weighted by Gasteiger charge is 2.28. The first-order valence-corrected chi connectivity index (χ1v) is 9.01. The molecule has 0 unspecified atom stereocenters. The van der Waals surface area contributed by atoms with E-state index in [0.717, 1.165) is 5.69 Å². The van der Waals surface area contributed by atoms with Gasteiger partial charge in [-0.25, -0.2) is 9.97 Å². The van der Waals surface area contributed by atoms with Gasteiger partial charge < -0.3 is 4.74 Å². The summed E-state index contributed by atoms with van der Waals surface area (Å²) in [4.78, 5) is 23.4. The molecule has 0 aliphatic carbocycles. The van der Waals surface area contributed by atoms with Gasteiger partial charge in [-0.15, -0.1) is 0 Å². The molecule has 0 fully saturated rings. The summed E-state index contributed by atoms with van der Waals surface area (Å²) in [5.74, 6) is 1.44. The minimum Gasteiger partial charge on any atom is -0.471 e. The number of hydrogen-bond donors (Lipinski definition) is 0. The first kappa shape index (κ1) is 17.2. The molecule has 1 amide bonds. The Balaban J connectivity index is 1.52. The zero-order valence-corrected chi connectivity index (χ0v) is 15.4. The lowest BCUT2D eigenvalue weighted by Gasteiger charge is -2.27. The van der Waals surface area contributed by atoms with Gasteiger partial charge in [0.05, 0.1) is 6.54 Å². The van der Waals surface area contributed by atoms with Gasteiger partial charge in [0.1, 0.15) is 23.8 Å². The van der Waals surface area contributed by atoms with Crippen molar-refractivity contribution in [3.05, 3.63) is 65.7 Å². The number of pyridine rings is 2. The summed E-state index contributed by atoms with van der Waals surface area (Å²) in [6.07, 6.45) is 1.67. The Morgan fingerprint density at radius 3 is 2.81 bits per heavy atom. The minimum atomic E-state index is -0.0914. The first-order valence-electron chi connectivity index (χ1n) is 9.01. The average molecular weight is 363 g/mol. The van der Waals surface area contributed by atoms with Crippen molar-refractivity contribution in [2.75, 3.05) is 11.4 Å². The Bertz CT molecular complexity index is 952. The summed E-state index contributed by atoms with van der Waals surface area (Å²) in [5, 5.41) is 4.49. The fraction of sp³-hybridized carbons (Fsp3) is 0.300. The molecule has 0 N–H and O–H groups in total. The molecule has 0 spiro atoms. The molecule has 4 heterocycles. The Morgan fingerprint density at radius 2 is 2.04 bits per heavy atom. The molecule has 1 aliphatic heterocycles. The standard InChI is InChI=1S/C20H21N5O2/c1-14(2)16-6-5-7-18(22-16)24-10-11-25-17(20(24)26)12-15(23-25)13-27-19-8-3-4-9-21-19/h3-9,12,14H,10-11,13H2,1-2H3. The number of anilines is 1. The van der Waals surface area contributed by atoms with Crippen LogP contribution in [0.2, 0.25) is 0 Å². The second-order valence-corrected chi connectivity index (χ2v) is 6.73. The number of hydrogen-bond acceptors (Lipinski definition) is 5. The van der Waals surface area contributed by atoms with E-state index in [0.29, 0.717) is 42.1 Å². The highest BCUT2D eigenvalue weighted by atomic mass is 16.5. The highest BCUT2D eigenvalue weighted by Crippen LogP contribution is 2.22. The summed E-state index contributed by atoms with van der Waals surface area (Å²) < 4.78 is 7.37. The van der Waals surface area contributed by atoms with Gasteiger partial charge in [0.15, 0.2) is 0 Å². The van der Waals surface area contributed by atoms with Gasteiger partial charge in [-0.2, -0.15) is 5.10 Å². The maximum Gasteiger partial charge on any atom is 0.277 e. The molecular formula is C20H21N5O2. The normalized spacial score (nSPS) is 13.7. The van der Waals surface area contributed by atoms with E-state index >= 15 is 0 Å². The SMILES string of the molecule is CC(C)c1cccc(N2CCn3nc(COc4ccccn4)cc3C2=O)n1. The molecule has 0 bridgehead atoms. The van der Waals surface area contributed by atoms with E-state index in [1.54, 1.807) is 27.9 Å². The minimum absolute atomic E-state index is 0.0914. The third-order valence-electron chi connectivity index (χ3n) is 4.46. The van der Waals surface area contributed by atoms with Crippen molar-refractivity contribution in [1.82, 2.24) is 19.7 Å². The average Bonchev–Trinajstić information content (AvgIpc) is 3.12. The number of carbonyl (C=O) groups is 1. The first-order chi connectivity index (χ1) is 13.1. The Kier molecular flexibility index (Phi) is 4.58. The van der Waals surface area contributed by atoms with Crippen LogP contribution in [0.3, 0.4) is 0 Å². The van der Waals surface area contributed by atoms with Crippen molar-refractivity contribution in [3.63, 3.8) is 0 Å².